The molecule has 3 heterocycles. The number of hydrogen-bond acceptors (Lipinski definition) is 5. The minimum Gasteiger partial charge on any atom is -0.338 e. The number of pyridine rings is 1. The van der Waals surface area contributed by atoms with E-state index in [0.29, 0.717) is 46.3 Å². The van der Waals surface area contributed by atoms with E-state index in [2.05, 4.69) is 35.8 Å². The summed E-state index contributed by atoms with van der Waals surface area (Å²) in [6.45, 7) is 2.30. The maximum absolute atomic E-state index is 14.8. The summed E-state index contributed by atoms with van der Waals surface area (Å²) in [5.74, 6) is -0.156. The topological polar surface area (TPSA) is 128 Å². The molecule has 9 nitrogen and oxygen atoms in total. The van der Waals surface area contributed by atoms with E-state index in [1.807, 2.05) is 19.1 Å². The standard InChI is InChI=1S/C24H20FN7O2/c1-2-26-24(34)30-23-28-20-11-18(27-12-21(20)29-23)16-9-13(7-8-17(16)25)10-19-14-5-3-4-6-15(14)22(33)32-31-19/h3-9,11-12H,2,10H2,1H3,(H,32,33)(H3,26,28,29,30,34). The molecule has 0 atom stereocenters. The van der Waals surface area contributed by atoms with Crippen LogP contribution in [-0.2, 0) is 6.42 Å². The lowest BCUT2D eigenvalue weighted by molar-refractivity contribution is 0.252. The zero-order chi connectivity index (χ0) is 23.7. The van der Waals surface area contributed by atoms with Gasteiger partial charge >= 0.3 is 6.03 Å². The van der Waals surface area contributed by atoms with E-state index in [-0.39, 0.29) is 17.5 Å². The van der Waals surface area contributed by atoms with Crippen molar-refractivity contribution in [3.05, 3.63) is 82.2 Å². The molecule has 5 rings (SSSR count). The van der Waals surface area contributed by atoms with Gasteiger partial charge < -0.3 is 10.3 Å². The highest BCUT2D eigenvalue weighted by molar-refractivity contribution is 5.90. The lowest BCUT2D eigenvalue weighted by Crippen LogP contribution is -2.28. The molecule has 4 N–H and O–H groups in total. The van der Waals surface area contributed by atoms with Crippen molar-refractivity contribution in [2.45, 2.75) is 13.3 Å². The van der Waals surface area contributed by atoms with Crippen LogP contribution in [0.15, 0.2) is 59.5 Å². The van der Waals surface area contributed by atoms with E-state index < -0.39 is 5.82 Å². The number of nitrogens with zero attached hydrogens (tertiary/aromatic N) is 3. The van der Waals surface area contributed by atoms with Crippen LogP contribution in [0.5, 0.6) is 0 Å². The normalized spacial score (nSPS) is 11.1. The number of anilines is 1. The monoisotopic (exact) mass is 457 g/mol. The fourth-order valence-corrected chi connectivity index (χ4v) is 3.81. The zero-order valence-corrected chi connectivity index (χ0v) is 18.1. The number of halogens is 1. The van der Waals surface area contributed by atoms with Crippen molar-refractivity contribution < 1.29 is 9.18 Å². The lowest BCUT2D eigenvalue weighted by Gasteiger charge is -2.08. The summed E-state index contributed by atoms with van der Waals surface area (Å²) in [5.41, 5.74) is 3.10. The first-order chi connectivity index (χ1) is 16.5. The molecule has 0 aliphatic carbocycles. The Morgan fingerprint density at radius 3 is 2.76 bits per heavy atom. The average molecular weight is 457 g/mol. The molecule has 170 valence electrons. The summed E-state index contributed by atoms with van der Waals surface area (Å²) in [6, 6.07) is 13.3. The van der Waals surface area contributed by atoms with Crippen molar-refractivity contribution in [2.24, 2.45) is 0 Å². The number of rotatable bonds is 5. The van der Waals surface area contributed by atoms with Gasteiger partial charge in [0.05, 0.1) is 34.0 Å². The summed E-state index contributed by atoms with van der Waals surface area (Å²) in [6.07, 6.45) is 1.94. The third-order valence-electron chi connectivity index (χ3n) is 5.39. The van der Waals surface area contributed by atoms with Crippen LogP contribution in [-0.4, -0.2) is 37.7 Å². The van der Waals surface area contributed by atoms with Gasteiger partial charge in [-0.05, 0) is 36.8 Å². The Hall–Kier alpha value is -4.60. The van der Waals surface area contributed by atoms with Gasteiger partial charge in [0.1, 0.15) is 5.82 Å². The number of nitrogens with one attached hydrogen (secondary N) is 4. The predicted octanol–water partition coefficient (Wildman–Crippen LogP) is 3.73. The summed E-state index contributed by atoms with van der Waals surface area (Å²) >= 11 is 0. The highest BCUT2D eigenvalue weighted by atomic mass is 19.1. The quantitative estimate of drug-likeness (QED) is 0.320. The maximum atomic E-state index is 14.8. The van der Waals surface area contributed by atoms with Gasteiger partial charge in [-0.2, -0.15) is 5.10 Å². The van der Waals surface area contributed by atoms with Crippen LogP contribution in [0.1, 0.15) is 18.2 Å². The number of urea groups is 1. The first-order valence-electron chi connectivity index (χ1n) is 10.7. The van der Waals surface area contributed by atoms with Crippen LogP contribution in [0.4, 0.5) is 15.1 Å². The average Bonchev–Trinajstić information content (AvgIpc) is 3.23. The number of carbonyl (C=O) groups is 1. The van der Waals surface area contributed by atoms with Crippen LogP contribution in [0, 0.1) is 5.82 Å². The van der Waals surface area contributed by atoms with Gasteiger partial charge in [-0.3, -0.25) is 15.1 Å². The summed E-state index contributed by atoms with van der Waals surface area (Å²) in [5, 5.41) is 13.3. The van der Waals surface area contributed by atoms with Gasteiger partial charge in [-0.25, -0.2) is 19.3 Å². The molecule has 0 unspecified atom stereocenters. The van der Waals surface area contributed by atoms with Crippen LogP contribution >= 0.6 is 0 Å². The molecule has 0 aliphatic heterocycles. The van der Waals surface area contributed by atoms with Crippen molar-refractivity contribution in [1.82, 2.24) is 30.5 Å². The van der Waals surface area contributed by atoms with Crippen molar-refractivity contribution in [3.8, 4) is 11.3 Å². The number of carbonyl (C=O) groups excluding carboxylic acids is 1. The number of hydrogen-bond donors (Lipinski definition) is 4. The smallest absolute Gasteiger partial charge is 0.321 e. The fraction of sp³-hybridized carbons (Fsp3) is 0.125. The predicted molar refractivity (Wildman–Crippen MR) is 127 cm³/mol. The Morgan fingerprint density at radius 1 is 1.12 bits per heavy atom. The number of fused-ring (bicyclic) bond motifs is 2. The SMILES string of the molecule is CCNC(=O)Nc1nc2cc(-c3cc(Cc4n[nH]c(=O)c5ccccc45)ccc3F)ncc2[nH]1. The molecule has 0 fully saturated rings. The molecule has 3 aromatic heterocycles. The number of aromatic nitrogens is 5. The number of aromatic amines is 2. The van der Waals surface area contributed by atoms with Gasteiger partial charge in [0.2, 0.25) is 5.95 Å². The van der Waals surface area contributed by atoms with Crippen molar-refractivity contribution >= 4 is 33.8 Å². The Bertz CT molecular complexity index is 1590. The molecule has 5 aromatic rings. The molecule has 0 saturated carbocycles. The molecule has 0 spiro atoms. The summed E-state index contributed by atoms with van der Waals surface area (Å²) < 4.78 is 14.8. The first-order valence-corrected chi connectivity index (χ1v) is 10.7. The van der Waals surface area contributed by atoms with Crippen molar-refractivity contribution in [1.29, 1.82) is 0 Å². The lowest BCUT2D eigenvalue weighted by atomic mass is 10.0. The van der Waals surface area contributed by atoms with Gasteiger partial charge in [0.25, 0.3) is 5.56 Å². The van der Waals surface area contributed by atoms with Crippen LogP contribution in [0.25, 0.3) is 33.1 Å². The second kappa shape index (κ2) is 8.74. The molecule has 0 bridgehead atoms. The number of benzene rings is 2. The number of imidazole rings is 1. The van der Waals surface area contributed by atoms with Crippen LogP contribution < -0.4 is 16.2 Å². The van der Waals surface area contributed by atoms with Crippen molar-refractivity contribution in [3.63, 3.8) is 0 Å². The van der Waals surface area contributed by atoms with E-state index in [4.69, 9.17) is 0 Å². The van der Waals surface area contributed by atoms with Crippen molar-refractivity contribution in [2.75, 3.05) is 11.9 Å². The third kappa shape index (κ3) is 4.08. The highest BCUT2D eigenvalue weighted by Gasteiger charge is 2.13. The second-order valence-electron chi connectivity index (χ2n) is 7.69. The number of amides is 2. The molecule has 10 heteroatoms. The third-order valence-corrected chi connectivity index (χ3v) is 5.39. The van der Waals surface area contributed by atoms with Gasteiger partial charge in [-0.15, -0.1) is 0 Å². The maximum Gasteiger partial charge on any atom is 0.321 e. The molecular formula is C24H20FN7O2. The molecular weight excluding hydrogens is 437 g/mol. The van der Waals surface area contributed by atoms with Gasteiger partial charge in [0.15, 0.2) is 0 Å². The van der Waals surface area contributed by atoms with E-state index in [1.165, 1.54) is 6.07 Å². The Labute approximate surface area is 192 Å². The fourth-order valence-electron chi connectivity index (χ4n) is 3.81. The Balaban J connectivity index is 1.48. The minimum atomic E-state index is -0.425. The van der Waals surface area contributed by atoms with E-state index >= 15 is 0 Å². The molecule has 2 amide bonds. The zero-order valence-electron chi connectivity index (χ0n) is 18.1. The molecule has 0 saturated heterocycles. The molecule has 2 aromatic carbocycles. The van der Waals surface area contributed by atoms with E-state index in [9.17, 15) is 14.0 Å². The first kappa shape index (κ1) is 21.3. The van der Waals surface area contributed by atoms with Gasteiger partial charge in [0, 0.05) is 23.9 Å². The van der Waals surface area contributed by atoms with Crippen LogP contribution in [0.3, 0.4) is 0 Å². The molecule has 0 aliphatic rings. The second-order valence-corrected chi connectivity index (χ2v) is 7.69. The highest BCUT2D eigenvalue weighted by Crippen LogP contribution is 2.27. The van der Waals surface area contributed by atoms with Gasteiger partial charge in [-0.1, -0.05) is 24.3 Å². The Morgan fingerprint density at radius 2 is 1.94 bits per heavy atom. The molecule has 34 heavy (non-hydrogen) atoms. The summed E-state index contributed by atoms with van der Waals surface area (Å²) in [4.78, 5) is 35.5. The molecule has 0 radical (unpaired) electrons. The largest absolute Gasteiger partial charge is 0.338 e. The number of H-pyrrole nitrogens is 2. The Kier molecular flexibility index (Phi) is 5.46. The summed E-state index contributed by atoms with van der Waals surface area (Å²) in [7, 11) is 0. The minimum absolute atomic E-state index is 0.253. The van der Waals surface area contributed by atoms with E-state index in [1.54, 1.807) is 36.5 Å². The van der Waals surface area contributed by atoms with E-state index in [0.717, 1.165) is 10.9 Å². The van der Waals surface area contributed by atoms with Crippen LogP contribution in [0.2, 0.25) is 0 Å².